The summed E-state index contributed by atoms with van der Waals surface area (Å²) in [5.74, 6) is 0.0158. The first-order chi connectivity index (χ1) is 8.69. The lowest BCUT2D eigenvalue weighted by atomic mass is 10.1. The van der Waals surface area contributed by atoms with Crippen LogP contribution in [0.5, 0.6) is 0 Å². The minimum Gasteiger partial charge on any atom is -0.385 e. The average molecular weight is 248 g/mol. The molecule has 100 valence electrons. The van der Waals surface area contributed by atoms with Crippen LogP contribution in [0.15, 0.2) is 18.2 Å². The Bertz CT molecular complexity index is 388. The van der Waals surface area contributed by atoms with Gasteiger partial charge in [-0.3, -0.25) is 4.79 Å². The van der Waals surface area contributed by atoms with Gasteiger partial charge >= 0.3 is 0 Å². The Hall–Kier alpha value is -1.51. The molecule has 0 heterocycles. The molecule has 0 aliphatic carbocycles. The maximum absolute atomic E-state index is 12.1. The van der Waals surface area contributed by atoms with Gasteiger partial charge in [0, 0.05) is 18.8 Å². The molecule has 0 saturated heterocycles. The summed E-state index contributed by atoms with van der Waals surface area (Å²) in [4.78, 5) is 12.1. The Morgan fingerprint density at radius 1 is 1.22 bits per heavy atom. The summed E-state index contributed by atoms with van der Waals surface area (Å²) in [6, 6.07) is 5.88. The summed E-state index contributed by atoms with van der Waals surface area (Å²) >= 11 is 0. The second-order valence-corrected chi connectivity index (χ2v) is 4.54. The van der Waals surface area contributed by atoms with E-state index in [1.165, 1.54) is 6.42 Å². The van der Waals surface area contributed by atoms with Gasteiger partial charge in [0.25, 0.3) is 5.91 Å². The summed E-state index contributed by atoms with van der Waals surface area (Å²) < 4.78 is 0. The van der Waals surface area contributed by atoms with E-state index in [2.05, 4.69) is 17.6 Å². The fourth-order valence-electron chi connectivity index (χ4n) is 1.86. The molecule has 0 aliphatic heterocycles. The average Bonchev–Trinajstić information content (AvgIpc) is 2.35. The summed E-state index contributed by atoms with van der Waals surface area (Å²) in [6.45, 7) is 7.80. The Labute approximate surface area is 110 Å². The Balaban J connectivity index is 2.66. The van der Waals surface area contributed by atoms with Crippen LogP contribution in [0.25, 0.3) is 0 Å². The monoisotopic (exact) mass is 248 g/mol. The fourth-order valence-corrected chi connectivity index (χ4v) is 1.86. The van der Waals surface area contributed by atoms with E-state index in [0.717, 1.165) is 42.7 Å². The van der Waals surface area contributed by atoms with E-state index in [4.69, 9.17) is 0 Å². The van der Waals surface area contributed by atoms with Crippen LogP contribution in [0.1, 0.15) is 49.0 Å². The van der Waals surface area contributed by atoms with Crippen molar-refractivity contribution >= 4 is 11.6 Å². The van der Waals surface area contributed by atoms with E-state index in [1.807, 2.05) is 32.0 Å². The number of nitrogens with one attached hydrogen (secondary N) is 2. The molecule has 0 radical (unpaired) electrons. The number of amides is 1. The highest BCUT2D eigenvalue weighted by molar-refractivity contribution is 5.99. The van der Waals surface area contributed by atoms with Crippen molar-refractivity contribution in [1.29, 1.82) is 0 Å². The van der Waals surface area contributed by atoms with Gasteiger partial charge in [0.2, 0.25) is 0 Å². The highest BCUT2D eigenvalue weighted by atomic mass is 16.1. The van der Waals surface area contributed by atoms with Crippen LogP contribution in [0.2, 0.25) is 0 Å². The highest BCUT2D eigenvalue weighted by Gasteiger charge is 2.10. The van der Waals surface area contributed by atoms with Gasteiger partial charge in [-0.2, -0.15) is 0 Å². The number of aryl methyl sites for hydroxylation is 1. The number of unbranched alkanes of at least 4 members (excludes halogenated alkanes) is 2. The van der Waals surface area contributed by atoms with Crippen molar-refractivity contribution in [2.24, 2.45) is 0 Å². The van der Waals surface area contributed by atoms with Crippen LogP contribution < -0.4 is 10.6 Å². The van der Waals surface area contributed by atoms with Crippen molar-refractivity contribution in [3.05, 3.63) is 29.3 Å². The molecule has 1 amide bonds. The molecule has 0 saturated carbocycles. The van der Waals surface area contributed by atoms with Gasteiger partial charge in [-0.25, -0.2) is 0 Å². The standard InChI is InChI=1S/C15H24N2O/c1-4-6-7-10-17-15(18)13-9-8-12(3)11-14(13)16-5-2/h8-9,11,16H,4-7,10H2,1-3H3,(H,17,18). The SMILES string of the molecule is CCCCCNC(=O)c1ccc(C)cc1NCC. The minimum atomic E-state index is 0.0158. The molecular formula is C15H24N2O. The second-order valence-electron chi connectivity index (χ2n) is 4.54. The zero-order valence-electron chi connectivity index (χ0n) is 11.7. The van der Waals surface area contributed by atoms with Gasteiger partial charge in [0.15, 0.2) is 0 Å². The number of benzene rings is 1. The number of carbonyl (C=O) groups excluding carboxylic acids is 1. The third kappa shape index (κ3) is 4.40. The van der Waals surface area contributed by atoms with E-state index in [-0.39, 0.29) is 5.91 Å². The lowest BCUT2D eigenvalue weighted by Gasteiger charge is -2.12. The third-order valence-electron chi connectivity index (χ3n) is 2.85. The molecule has 0 atom stereocenters. The zero-order chi connectivity index (χ0) is 13.4. The number of rotatable bonds is 7. The molecule has 1 aromatic carbocycles. The zero-order valence-corrected chi connectivity index (χ0v) is 11.7. The molecule has 0 fully saturated rings. The van der Waals surface area contributed by atoms with E-state index in [0.29, 0.717) is 0 Å². The molecule has 2 N–H and O–H groups in total. The quantitative estimate of drug-likeness (QED) is 0.727. The lowest BCUT2D eigenvalue weighted by Crippen LogP contribution is -2.25. The maximum atomic E-state index is 12.1. The number of carbonyl (C=O) groups is 1. The molecule has 0 bridgehead atoms. The van der Waals surface area contributed by atoms with Crippen LogP contribution >= 0.6 is 0 Å². The van der Waals surface area contributed by atoms with Crippen molar-refractivity contribution in [2.75, 3.05) is 18.4 Å². The molecule has 1 rings (SSSR count). The van der Waals surface area contributed by atoms with Gasteiger partial charge in [-0.15, -0.1) is 0 Å². The first kappa shape index (κ1) is 14.6. The summed E-state index contributed by atoms with van der Waals surface area (Å²) in [5, 5.41) is 6.21. The van der Waals surface area contributed by atoms with Crippen molar-refractivity contribution in [3.8, 4) is 0 Å². The van der Waals surface area contributed by atoms with Crippen molar-refractivity contribution in [2.45, 2.75) is 40.0 Å². The van der Waals surface area contributed by atoms with Gasteiger partial charge in [-0.1, -0.05) is 25.8 Å². The van der Waals surface area contributed by atoms with Crippen LogP contribution in [-0.4, -0.2) is 19.0 Å². The first-order valence-electron chi connectivity index (χ1n) is 6.81. The van der Waals surface area contributed by atoms with E-state index < -0.39 is 0 Å². The number of hydrogen-bond acceptors (Lipinski definition) is 2. The van der Waals surface area contributed by atoms with Gasteiger partial charge in [0.05, 0.1) is 5.56 Å². The summed E-state index contributed by atoms with van der Waals surface area (Å²) in [6.07, 6.45) is 3.38. The molecule has 0 aromatic heterocycles. The van der Waals surface area contributed by atoms with Crippen molar-refractivity contribution < 1.29 is 4.79 Å². The molecule has 1 aromatic rings. The Morgan fingerprint density at radius 2 is 2.00 bits per heavy atom. The molecule has 0 unspecified atom stereocenters. The minimum absolute atomic E-state index is 0.0158. The fraction of sp³-hybridized carbons (Fsp3) is 0.533. The predicted molar refractivity (Wildman–Crippen MR) is 77.2 cm³/mol. The maximum Gasteiger partial charge on any atom is 0.253 e. The number of anilines is 1. The Kier molecular flexibility index (Phi) is 6.26. The highest BCUT2D eigenvalue weighted by Crippen LogP contribution is 2.17. The molecule has 0 aliphatic rings. The van der Waals surface area contributed by atoms with E-state index >= 15 is 0 Å². The lowest BCUT2D eigenvalue weighted by molar-refractivity contribution is 0.0954. The van der Waals surface area contributed by atoms with Crippen molar-refractivity contribution in [1.82, 2.24) is 5.32 Å². The molecule has 3 heteroatoms. The third-order valence-corrected chi connectivity index (χ3v) is 2.85. The smallest absolute Gasteiger partial charge is 0.253 e. The van der Waals surface area contributed by atoms with Crippen LogP contribution in [0.4, 0.5) is 5.69 Å². The van der Waals surface area contributed by atoms with Crippen LogP contribution in [-0.2, 0) is 0 Å². The molecule has 18 heavy (non-hydrogen) atoms. The van der Waals surface area contributed by atoms with Crippen LogP contribution in [0, 0.1) is 6.92 Å². The van der Waals surface area contributed by atoms with E-state index in [1.54, 1.807) is 0 Å². The summed E-state index contributed by atoms with van der Waals surface area (Å²) in [7, 11) is 0. The number of hydrogen-bond donors (Lipinski definition) is 2. The van der Waals surface area contributed by atoms with Gasteiger partial charge in [0.1, 0.15) is 0 Å². The largest absolute Gasteiger partial charge is 0.385 e. The van der Waals surface area contributed by atoms with Crippen LogP contribution in [0.3, 0.4) is 0 Å². The Morgan fingerprint density at radius 3 is 2.67 bits per heavy atom. The van der Waals surface area contributed by atoms with Gasteiger partial charge < -0.3 is 10.6 Å². The first-order valence-corrected chi connectivity index (χ1v) is 6.81. The molecule has 3 nitrogen and oxygen atoms in total. The normalized spacial score (nSPS) is 10.2. The second kappa shape index (κ2) is 7.75. The van der Waals surface area contributed by atoms with Gasteiger partial charge in [-0.05, 0) is 38.0 Å². The molecular weight excluding hydrogens is 224 g/mol. The predicted octanol–water partition coefficient (Wildman–Crippen LogP) is 3.35. The topological polar surface area (TPSA) is 41.1 Å². The molecule has 0 spiro atoms. The van der Waals surface area contributed by atoms with E-state index in [9.17, 15) is 4.79 Å². The summed E-state index contributed by atoms with van der Waals surface area (Å²) in [5.41, 5.74) is 2.82. The van der Waals surface area contributed by atoms with Crippen molar-refractivity contribution in [3.63, 3.8) is 0 Å².